The fourth-order valence-corrected chi connectivity index (χ4v) is 4.86. The number of fused-ring (bicyclic) bond motifs is 2. The molecule has 0 N–H and O–H groups in total. The van der Waals surface area contributed by atoms with Crippen LogP contribution < -0.4 is 0 Å². The highest BCUT2D eigenvalue weighted by atomic mass is 32.1. The highest BCUT2D eigenvalue weighted by Crippen LogP contribution is 2.38. The lowest BCUT2D eigenvalue weighted by molar-refractivity contribution is 0.772. The summed E-state index contributed by atoms with van der Waals surface area (Å²) in [7, 11) is 1.92. The number of thiophene rings is 1. The van der Waals surface area contributed by atoms with E-state index in [2.05, 4.69) is 57.8 Å². The number of pyridine rings is 1. The van der Waals surface area contributed by atoms with Crippen LogP contribution in [0, 0.1) is 0 Å². The third-order valence-electron chi connectivity index (χ3n) is 5.44. The highest BCUT2D eigenvalue weighted by molar-refractivity contribution is 7.18. The Labute approximate surface area is 182 Å². The van der Waals surface area contributed by atoms with E-state index in [4.69, 9.17) is 4.98 Å². The molecule has 0 radical (unpaired) electrons. The molecule has 0 amide bonds. The molecular formula is C25H17N5S. The van der Waals surface area contributed by atoms with Crippen molar-refractivity contribution in [2.24, 2.45) is 7.05 Å². The van der Waals surface area contributed by atoms with E-state index in [0.29, 0.717) is 0 Å². The summed E-state index contributed by atoms with van der Waals surface area (Å²) in [6.45, 7) is 0. The van der Waals surface area contributed by atoms with E-state index in [1.165, 1.54) is 0 Å². The fraction of sp³-hybridized carbons (Fsp3) is 0.0400. The van der Waals surface area contributed by atoms with Gasteiger partial charge in [-0.25, -0.2) is 4.98 Å². The maximum Gasteiger partial charge on any atom is 0.119 e. The number of aryl methyl sites for hydroxylation is 1. The Balaban J connectivity index is 1.47. The molecule has 0 bridgehead atoms. The maximum absolute atomic E-state index is 4.84. The maximum atomic E-state index is 4.84. The van der Waals surface area contributed by atoms with E-state index in [1.807, 2.05) is 48.1 Å². The second-order valence-electron chi connectivity index (χ2n) is 7.34. The molecule has 4 aromatic heterocycles. The molecule has 0 aliphatic rings. The topological polar surface area (TPSA) is 56.5 Å². The van der Waals surface area contributed by atoms with Gasteiger partial charge in [-0.05, 0) is 30.3 Å². The van der Waals surface area contributed by atoms with Gasteiger partial charge in [0.2, 0.25) is 0 Å². The number of rotatable bonds is 3. The van der Waals surface area contributed by atoms with E-state index in [-0.39, 0.29) is 0 Å². The van der Waals surface area contributed by atoms with Gasteiger partial charge in [-0.2, -0.15) is 5.10 Å². The van der Waals surface area contributed by atoms with Crippen molar-refractivity contribution in [3.8, 4) is 32.5 Å². The van der Waals surface area contributed by atoms with Gasteiger partial charge in [0.1, 0.15) is 11.4 Å². The average molecular weight is 420 g/mol. The second kappa shape index (κ2) is 7.11. The summed E-state index contributed by atoms with van der Waals surface area (Å²) in [6.07, 6.45) is 1.78. The van der Waals surface area contributed by atoms with Gasteiger partial charge in [0.05, 0.1) is 26.7 Å². The van der Waals surface area contributed by atoms with Crippen molar-refractivity contribution >= 4 is 33.0 Å². The van der Waals surface area contributed by atoms with Crippen LogP contribution in [0.15, 0.2) is 85.1 Å². The Morgan fingerprint density at radius 3 is 2.29 bits per heavy atom. The molecule has 31 heavy (non-hydrogen) atoms. The zero-order valence-corrected chi connectivity index (χ0v) is 17.5. The van der Waals surface area contributed by atoms with Crippen LogP contribution in [0.2, 0.25) is 0 Å². The summed E-state index contributed by atoms with van der Waals surface area (Å²) < 4.78 is 1.82. The zero-order valence-electron chi connectivity index (χ0n) is 16.7. The van der Waals surface area contributed by atoms with E-state index in [9.17, 15) is 0 Å². The Bertz CT molecular complexity index is 1560. The Morgan fingerprint density at radius 2 is 1.45 bits per heavy atom. The largest absolute Gasteiger partial charge is 0.266 e. The van der Waals surface area contributed by atoms with Crippen LogP contribution >= 0.6 is 11.3 Å². The van der Waals surface area contributed by atoms with Crippen molar-refractivity contribution in [1.82, 2.24) is 25.0 Å². The lowest BCUT2D eigenvalue weighted by Gasteiger charge is -2.08. The molecule has 6 rings (SSSR count). The fourth-order valence-electron chi connectivity index (χ4n) is 3.89. The summed E-state index contributed by atoms with van der Waals surface area (Å²) in [6, 6.07) is 26.8. The van der Waals surface area contributed by atoms with Crippen LogP contribution in [0.3, 0.4) is 0 Å². The average Bonchev–Trinajstić information content (AvgIpc) is 3.47. The van der Waals surface area contributed by atoms with Crippen LogP contribution in [0.1, 0.15) is 0 Å². The van der Waals surface area contributed by atoms with Gasteiger partial charge in [-0.1, -0.05) is 48.5 Å². The Morgan fingerprint density at radius 1 is 0.710 bits per heavy atom. The first-order valence-corrected chi connectivity index (χ1v) is 10.8. The number of nitrogens with zero attached hydrogens (tertiary/aromatic N) is 5. The second-order valence-corrected chi connectivity index (χ2v) is 8.42. The summed E-state index contributed by atoms with van der Waals surface area (Å²) in [5, 5.41) is 16.8. The van der Waals surface area contributed by atoms with Gasteiger partial charge < -0.3 is 0 Å². The standard InChI is InChI=1S/C25H17N5S/c1-30-21(14-15-26-30)24-17-7-3-4-8-18(17)25(29-28-24)23-13-12-22(31-23)20-11-10-16-6-2-5-9-19(16)27-20/h2-15H,1H3. The van der Waals surface area contributed by atoms with Crippen LogP contribution in [0.4, 0.5) is 0 Å². The molecule has 0 saturated carbocycles. The number of benzene rings is 2. The molecule has 0 saturated heterocycles. The Hall–Kier alpha value is -3.90. The third-order valence-corrected chi connectivity index (χ3v) is 6.56. The predicted octanol–water partition coefficient (Wildman–Crippen LogP) is 5.97. The van der Waals surface area contributed by atoms with Gasteiger partial charge in [0.25, 0.3) is 0 Å². The Kier molecular flexibility index (Phi) is 4.11. The first kappa shape index (κ1) is 17.9. The first-order valence-electron chi connectivity index (χ1n) is 9.98. The SMILES string of the molecule is Cn1nccc1-c1nnc(-c2ccc(-c3ccc4ccccc4n3)s2)c2ccccc12. The molecule has 0 unspecified atom stereocenters. The minimum absolute atomic E-state index is 0.840. The molecule has 4 heterocycles. The number of hydrogen-bond donors (Lipinski definition) is 0. The molecular weight excluding hydrogens is 402 g/mol. The molecule has 0 aliphatic carbocycles. The molecule has 6 heteroatoms. The van der Waals surface area contributed by atoms with E-state index in [0.717, 1.165) is 54.2 Å². The summed E-state index contributed by atoms with van der Waals surface area (Å²) in [5.41, 5.74) is 4.65. The van der Waals surface area contributed by atoms with Crippen LogP contribution in [0.25, 0.3) is 54.2 Å². The number of para-hydroxylation sites is 1. The van der Waals surface area contributed by atoms with Crippen LogP contribution in [-0.4, -0.2) is 25.0 Å². The lowest BCUT2D eigenvalue weighted by atomic mass is 10.1. The molecule has 0 spiro atoms. The third kappa shape index (κ3) is 3.00. The molecule has 2 aromatic carbocycles. The van der Waals surface area contributed by atoms with Gasteiger partial charge in [0, 0.05) is 29.4 Å². The van der Waals surface area contributed by atoms with Crippen molar-refractivity contribution < 1.29 is 0 Å². The van der Waals surface area contributed by atoms with Gasteiger partial charge in [0.15, 0.2) is 0 Å². The summed E-state index contributed by atoms with van der Waals surface area (Å²) >= 11 is 1.69. The van der Waals surface area contributed by atoms with Crippen molar-refractivity contribution in [3.05, 3.63) is 85.1 Å². The zero-order chi connectivity index (χ0) is 20.8. The quantitative estimate of drug-likeness (QED) is 0.354. The van der Waals surface area contributed by atoms with Crippen LogP contribution in [0.5, 0.6) is 0 Å². The summed E-state index contributed by atoms with van der Waals surface area (Å²) in [4.78, 5) is 7.02. The monoisotopic (exact) mass is 419 g/mol. The number of aromatic nitrogens is 5. The highest BCUT2D eigenvalue weighted by Gasteiger charge is 2.16. The van der Waals surface area contributed by atoms with E-state index >= 15 is 0 Å². The predicted molar refractivity (Wildman–Crippen MR) is 126 cm³/mol. The van der Waals surface area contributed by atoms with Crippen molar-refractivity contribution in [2.75, 3.05) is 0 Å². The minimum Gasteiger partial charge on any atom is -0.266 e. The molecule has 0 fully saturated rings. The molecule has 148 valence electrons. The molecule has 5 nitrogen and oxygen atoms in total. The van der Waals surface area contributed by atoms with Crippen molar-refractivity contribution in [3.63, 3.8) is 0 Å². The van der Waals surface area contributed by atoms with Gasteiger partial charge >= 0.3 is 0 Å². The van der Waals surface area contributed by atoms with Gasteiger partial charge in [-0.3, -0.25) is 4.68 Å². The van der Waals surface area contributed by atoms with Gasteiger partial charge in [-0.15, -0.1) is 21.5 Å². The minimum atomic E-state index is 0.840. The molecule has 0 atom stereocenters. The first-order chi connectivity index (χ1) is 15.3. The molecule has 6 aromatic rings. The van der Waals surface area contributed by atoms with Crippen molar-refractivity contribution in [2.45, 2.75) is 0 Å². The van der Waals surface area contributed by atoms with E-state index < -0.39 is 0 Å². The molecule has 0 aliphatic heterocycles. The van der Waals surface area contributed by atoms with Crippen molar-refractivity contribution in [1.29, 1.82) is 0 Å². The van der Waals surface area contributed by atoms with E-state index in [1.54, 1.807) is 17.5 Å². The number of hydrogen-bond acceptors (Lipinski definition) is 5. The normalized spacial score (nSPS) is 11.4. The lowest BCUT2D eigenvalue weighted by Crippen LogP contribution is -1.99. The van der Waals surface area contributed by atoms with Crippen LogP contribution in [-0.2, 0) is 7.05 Å². The smallest absolute Gasteiger partial charge is 0.119 e. The summed E-state index contributed by atoms with van der Waals surface area (Å²) in [5.74, 6) is 0.